The summed E-state index contributed by atoms with van der Waals surface area (Å²) in [5.41, 5.74) is 4.12. The Balaban J connectivity index is 1.70. The van der Waals surface area contributed by atoms with E-state index in [1.165, 1.54) is 12.1 Å². The van der Waals surface area contributed by atoms with E-state index in [0.717, 1.165) is 22.3 Å². The maximum Gasteiger partial charge on any atom is 0.335 e. The predicted molar refractivity (Wildman–Crippen MR) is 132 cm³/mol. The second-order valence-corrected chi connectivity index (χ2v) is 8.40. The van der Waals surface area contributed by atoms with E-state index in [9.17, 15) is 19.8 Å². The van der Waals surface area contributed by atoms with Crippen molar-refractivity contribution in [2.45, 2.75) is 19.4 Å². The number of amides is 1. The molecule has 3 aromatic carbocycles. The Kier molecular flexibility index (Phi) is 6.78. The van der Waals surface area contributed by atoms with Crippen LogP contribution in [0.3, 0.4) is 0 Å². The van der Waals surface area contributed by atoms with Crippen LogP contribution in [-0.2, 0) is 11.2 Å². The van der Waals surface area contributed by atoms with Crippen molar-refractivity contribution < 1.29 is 29.3 Å². The number of carbonyl (C=O) groups excluding carboxylic acids is 1. The smallest absolute Gasteiger partial charge is 0.335 e. The summed E-state index contributed by atoms with van der Waals surface area (Å²) in [5.74, 6) is -0.575. The molecule has 7 nitrogen and oxygen atoms in total. The molecule has 1 amide bonds. The normalized spacial score (nSPS) is 15.5. The average molecular weight is 474 g/mol. The molecule has 1 heterocycles. The first-order valence-electron chi connectivity index (χ1n) is 11.2. The monoisotopic (exact) mass is 473 g/mol. The van der Waals surface area contributed by atoms with Gasteiger partial charge in [-0.3, -0.25) is 4.79 Å². The van der Waals surface area contributed by atoms with E-state index in [1.54, 1.807) is 31.3 Å². The minimum absolute atomic E-state index is 0.153. The third-order valence-electron chi connectivity index (χ3n) is 6.23. The highest BCUT2D eigenvalue weighted by Gasteiger charge is 2.40. The molecule has 0 spiro atoms. The van der Waals surface area contributed by atoms with Gasteiger partial charge in [-0.05, 0) is 54.3 Å². The molecular formula is C28H27NO6. The molecule has 0 aliphatic carbocycles. The number of aryl methyl sites for hydroxylation is 1. The Morgan fingerprint density at radius 3 is 2.20 bits per heavy atom. The summed E-state index contributed by atoms with van der Waals surface area (Å²) < 4.78 is 10.7. The third-order valence-corrected chi connectivity index (χ3v) is 6.23. The van der Waals surface area contributed by atoms with Gasteiger partial charge in [0.2, 0.25) is 0 Å². The summed E-state index contributed by atoms with van der Waals surface area (Å²) in [6, 6.07) is 19.0. The predicted octanol–water partition coefficient (Wildman–Crippen LogP) is 4.81. The second kappa shape index (κ2) is 9.93. The SMILES string of the molecule is COc1ccc(CCN2C(=O)C(O)=C(c3ccc(C)cc3)C2c2ccc(C(=O)O)cc2)cc1OC. The van der Waals surface area contributed by atoms with E-state index in [0.29, 0.717) is 30.0 Å². The second-order valence-electron chi connectivity index (χ2n) is 8.40. The Labute approximate surface area is 203 Å². The number of hydrogen-bond donors (Lipinski definition) is 2. The van der Waals surface area contributed by atoms with Crippen LogP contribution in [0.5, 0.6) is 11.5 Å². The lowest BCUT2D eigenvalue weighted by molar-refractivity contribution is -0.129. The zero-order valence-corrected chi connectivity index (χ0v) is 19.8. The number of aliphatic hydroxyl groups is 1. The Morgan fingerprint density at radius 1 is 0.943 bits per heavy atom. The molecule has 0 saturated heterocycles. The number of rotatable bonds is 8. The average Bonchev–Trinajstić information content (AvgIpc) is 3.12. The summed E-state index contributed by atoms with van der Waals surface area (Å²) in [6.45, 7) is 2.30. The van der Waals surface area contributed by atoms with Gasteiger partial charge in [0, 0.05) is 12.1 Å². The van der Waals surface area contributed by atoms with Crippen LogP contribution >= 0.6 is 0 Å². The van der Waals surface area contributed by atoms with Gasteiger partial charge in [-0.15, -0.1) is 0 Å². The maximum atomic E-state index is 13.2. The summed E-state index contributed by atoms with van der Waals surface area (Å²) >= 11 is 0. The minimum Gasteiger partial charge on any atom is -0.503 e. The van der Waals surface area contributed by atoms with Crippen molar-refractivity contribution in [1.82, 2.24) is 4.90 Å². The number of ether oxygens (including phenoxy) is 2. The molecule has 1 aliphatic heterocycles. The number of nitrogens with zero attached hydrogens (tertiary/aromatic N) is 1. The summed E-state index contributed by atoms with van der Waals surface area (Å²) in [6.07, 6.45) is 0.518. The molecule has 2 N–H and O–H groups in total. The van der Waals surface area contributed by atoms with Crippen molar-refractivity contribution in [3.05, 3.63) is 100 Å². The van der Waals surface area contributed by atoms with Crippen LogP contribution in [0.1, 0.15) is 38.7 Å². The molecule has 1 atom stereocenters. The molecule has 0 radical (unpaired) electrons. The number of carboxylic acids is 1. The highest BCUT2D eigenvalue weighted by atomic mass is 16.5. The lowest BCUT2D eigenvalue weighted by atomic mass is 9.92. The maximum absolute atomic E-state index is 13.2. The first kappa shape index (κ1) is 23.9. The number of carboxylic acid groups (broad SMARTS) is 1. The Bertz CT molecular complexity index is 1280. The molecule has 1 aliphatic rings. The third kappa shape index (κ3) is 4.71. The van der Waals surface area contributed by atoms with Gasteiger partial charge in [0.25, 0.3) is 5.91 Å². The zero-order valence-electron chi connectivity index (χ0n) is 19.8. The highest BCUT2D eigenvalue weighted by Crippen LogP contribution is 2.43. The lowest BCUT2D eigenvalue weighted by Gasteiger charge is -2.27. The molecule has 0 saturated carbocycles. The van der Waals surface area contributed by atoms with Crippen LogP contribution in [0.2, 0.25) is 0 Å². The Hall–Kier alpha value is -4.26. The topological polar surface area (TPSA) is 96.3 Å². The summed E-state index contributed by atoms with van der Waals surface area (Å²) in [5, 5.41) is 20.2. The van der Waals surface area contributed by atoms with Crippen molar-refractivity contribution in [3.8, 4) is 11.5 Å². The van der Waals surface area contributed by atoms with Gasteiger partial charge in [-0.25, -0.2) is 4.79 Å². The van der Waals surface area contributed by atoms with Crippen molar-refractivity contribution >= 4 is 17.4 Å². The van der Waals surface area contributed by atoms with Gasteiger partial charge in [-0.2, -0.15) is 0 Å². The highest BCUT2D eigenvalue weighted by molar-refractivity contribution is 6.05. The van der Waals surface area contributed by atoms with E-state index in [1.807, 2.05) is 49.4 Å². The zero-order chi connectivity index (χ0) is 25.1. The van der Waals surface area contributed by atoms with E-state index >= 15 is 0 Å². The molecule has 4 rings (SSSR count). The van der Waals surface area contributed by atoms with Crippen molar-refractivity contribution in [1.29, 1.82) is 0 Å². The van der Waals surface area contributed by atoms with Gasteiger partial charge in [0.05, 0.1) is 25.8 Å². The quantitative estimate of drug-likeness (QED) is 0.488. The molecule has 0 fully saturated rings. The standard InChI is InChI=1S/C28H27NO6/c1-17-4-7-19(8-5-17)24-25(20-9-11-21(12-10-20)28(32)33)29(27(31)26(24)30)15-14-18-6-13-22(34-2)23(16-18)35-3/h4-13,16,25,30H,14-15H2,1-3H3,(H,32,33). The van der Waals surface area contributed by atoms with Crippen molar-refractivity contribution in [3.63, 3.8) is 0 Å². The first-order chi connectivity index (χ1) is 16.8. The Morgan fingerprint density at radius 2 is 1.60 bits per heavy atom. The fraction of sp³-hybridized carbons (Fsp3) is 0.214. The number of benzene rings is 3. The number of aliphatic hydroxyl groups excluding tert-OH is 1. The molecule has 180 valence electrons. The molecule has 7 heteroatoms. The molecule has 0 bridgehead atoms. The molecular weight excluding hydrogens is 446 g/mol. The van der Waals surface area contributed by atoms with Gasteiger partial charge >= 0.3 is 5.97 Å². The van der Waals surface area contributed by atoms with Gasteiger partial charge in [0.15, 0.2) is 17.3 Å². The summed E-state index contributed by atoms with van der Waals surface area (Å²) in [7, 11) is 3.14. The number of carbonyl (C=O) groups is 2. The van der Waals surface area contributed by atoms with Crippen LogP contribution < -0.4 is 9.47 Å². The minimum atomic E-state index is -1.03. The largest absolute Gasteiger partial charge is 0.503 e. The van der Waals surface area contributed by atoms with Crippen LogP contribution in [0.15, 0.2) is 72.5 Å². The van der Waals surface area contributed by atoms with E-state index in [-0.39, 0.29) is 11.3 Å². The van der Waals surface area contributed by atoms with Gasteiger partial charge < -0.3 is 24.6 Å². The van der Waals surface area contributed by atoms with Crippen LogP contribution in [-0.4, -0.2) is 47.8 Å². The number of hydrogen-bond acceptors (Lipinski definition) is 5. The van der Waals surface area contributed by atoms with Gasteiger partial charge in [-0.1, -0.05) is 48.0 Å². The van der Waals surface area contributed by atoms with E-state index < -0.39 is 17.9 Å². The van der Waals surface area contributed by atoms with Crippen molar-refractivity contribution in [2.75, 3.05) is 20.8 Å². The lowest BCUT2D eigenvalue weighted by Crippen LogP contribution is -2.32. The molecule has 0 aromatic heterocycles. The number of aromatic carboxylic acids is 1. The molecule has 35 heavy (non-hydrogen) atoms. The van der Waals surface area contributed by atoms with Gasteiger partial charge in [0.1, 0.15) is 0 Å². The molecule has 3 aromatic rings. The first-order valence-corrected chi connectivity index (χ1v) is 11.2. The van der Waals surface area contributed by atoms with Crippen LogP contribution in [0.4, 0.5) is 0 Å². The van der Waals surface area contributed by atoms with E-state index in [4.69, 9.17) is 9.47 Å². The number of methoxy groups -OCH3 is 2. The fourth-order valence-electron chi connectivity index (χ4n) is 4.35. The van der Waals surface area contributed by atoms with E-state index in [2.05, 4.69) is 0 Å². The van der Waals surface area contributed by atoms with Crippen LogP contribution in [0, 0.1) is 6.92 Å². The summed E-state index contributed by atoms with van der Waals surface area (Å²) in [4.78, 5) is 26.2. The molecule has 1 unspecified atom stereocenters. The fourth-order valence-corrected chi connectivity index (χ4v) is 4.35. The van der Waals surface area contributed by atoms with Crippen molar-refractivity contribution in [2.24, 2.45) is 0 Å². The van der Waals surface area contributed by atoms with Crippen LogP contribution in [0.25, 0.3) is 5.57 Å².